The van der Waals surface area contributed by atoms with Crippen molar-refractivity contribution in [3.05, 3.63) is 172 Å². The number of carboxylic acid groups (broad SMARTS) is 1. The van der Waals surface area contributed by atoms with Crippen LogP contribution in [0.3, 0.4) is 0 Å². The summed E-state index contributed by atoms with van der Waals surface area (Å²) < 4.78 is 11.6. The first-order valence-electron chi connectivity index (χ1n) is 15.9. The normalized spacial score (nSPS) is 10.8. The van der Waals surface area contributed by atoms with E-state index in [1.807, 2.05) is 75.4 Å². The second-order valence-electron chi connectivity index (χ2n) is 11.9. The summed E-state index contributed by atoms with van der Waals surface area (Å²) in [6.45, 7) is 5.81. The highest BCUT2D eigenvalue weighted by molar-refractivity contribution is 5.91. The zero-order valence-electron chi connectivity index (χ0n) is 27.7. The van der Waals surface area contributed by atoms with E-state index in [4.69, 9.17) is 9.47 Å². The van der Waals surface area contributed by atoms with Crippen LogP contribution in [0.4, 0.5) is 0 Å². The number of nitrogens with zero attached hydrogens (tertiary/aromatic N) is 3. The fourth-order valence-electron chi connectivity index (χ4n) is 5.61. The molecule has 248 valence electrons. The van der Waals surface area contributed by atoms with Crippen molar-refractivity contribution in [2.75, 3.05) is 0 Å². The van der Waals surface area contributed by atoms with Gasteiger partial charge in [-0.05, 0) is 85.5 Å². The van der Waals surface area contributed by atoms with Gasteiger partial charge in [0.1, 0.15) is 22.9 Å². The van der Waals surface area contributed by atoms with E-state index in [1.165, 1.54) is 12.4 Å². The number of rotatable bonds is 10. The molecule has 0 saturated heterocycles. The Morgan fingerprint density at radius 3 is 1.64 bits per heavy atom. The summed E-state index contributed by atoms with van der Waals surface area (Å²) in [6, 6.07) is 30.5. The molecule has 9 heteroatoms. The summed E-state index contributed by atoms with van der Waals surface area (Å²) in [5.74, 6) is -1.83. The predicted octanol–water partition coefficient (Wildman–Crippen LogP) is 7.78. The topological polar surface area (TPSA) is 129 Å². The van der Waals surface area contributed by atoms with Gasteiger partial charge in [0.15, 0.2) is 5.69 Å². The second kappa shape index (κ2) is 14.7. The number of carbonyl (C=O) groups is 3. The molecule has 9 nitrogen and oxygen atoms in total. The number of hydrogen-bond acceptors (Lipinski definition) is 8. The first kappa shape index (κ1) is 33.4. The molecular weight excluding hydrogens is 630 g/mol. The van der Waals surface area contributed by atoms with Crippen LogP contribution >= 0.6 is 0 Å². The highest BCUT2D eigenvalue weighted by Crippen LogP contribution is 2.34. The maximum absolute atomic E-state index is 13.0. The van der Waals surface area contributed by atoms with Crippen LogP contribution in [0.2, 0.25) is 0 Å². The van der Waals surface area contributed by atoms with Crippen LogP contribution in [0.5, 0.6) is 11.5 Å². The molecule has 0 atom stereocenters. The van der Waals surface area contributed by atoms with Gasteiger partial charge < -0.3 is 14.6 Å². The van der Waals surface area contributed by atoms with E-state index < -0.39 is 17.9 Å². The van der Waals surface area contributed by atoms with Gasteiger partial charge in [0.2, 0.25) is 0 Å². The number of ether oxygens (including phenoxy) is 2. The summed E-state index contributed by atoms with van der Waals surface area (Å²) in [4.78, 5) is 51.7. The van der Waals surface area contributed by atoms with E-state index in [0.717, 1.165) is 22.3 Å². The van der Waals surface area contributed by atoms with Crippen molar-refractivity contribution >= 4 is 17.9 Å². The van der Waals surface area contributed by atoms with Crippen LogP contribution in [-0.2, 0) is 12.8 Å². The van der Waals surface area contributed by atoms with Gasteiger partial charge in [-0.3, -0.25) is 0 Å². The van der Waals surface area contributed by atoms with Gasteiger partial charge in [0, 0.05) is 36.5 Å². The Hall–Kier alpha value is -6.48. The van der Waals surface area contributed by atoms with Crippen LogP contribution < -0.4 is 9.47 Å². The standard InChI is InChI=1S/C41H33N3O6/c1-25-10-14-28(15-11-25)32-24-31(22-29-20-26(2)12-16-36(29)49-40(47)34-8-4-6-18-42-34)44-38(39(45)46)33(32)23-30-21-27(3)13-17-37(30)50-41(48)35-9-5-7-19-43-35/h4-21,24H,22-23H2,1-3H3,(H,45,46). The summed E-state index contributed by atoms with van der Waals surface area (Å²) in [6.07, 6.45) is 3.32. The minimum Gasteiger partial charge on any atom is -0.477 e. The maximum atomic E-state index is 13.0. The molecule has 0 fully saturated rings. The molecule has 6 rings (SSSR count). The predicted molar refractivity (Wildman–Crippen MR) is 188 cm³/mol. The average molecular weight is 664 g/mol. The Morgan fingerprint density at radius 1 is 0.620 bits per heavy atom. The number of hydrogen-bond donors (Lipinski definition) is 1. The lowest BCUT2D eigenvalue weighted by atomic mass is 9.91. The van der Waals surface area contributed by atoms with E-state index in [0.29, 0.717) is 39.4 Å². The molecular formula is C41H33N3O6. The van der Waals surface area contributed by atoms with E-state index in [-0.39, 0.29) is 29.9 Å². The van der Waals surface area contributed by atoms with E-state index >= 15 is 0 Å². The number of benzene rings is 3. The van der Waals surface area contributed by atoms with Crippen LogP contribution in [0, 0.1) is 20.8 Å². The number of esters is 2. The number of aromatic carboxylic acids is 1. The fraction of sp³-hybridized carbons (Fsp3) is 0.122. The molecule has 0 spiro atoms. The van der Waals surface area contributed by atoms with Gasteiger partial charge in [0.25, 0.3) is 0 Å². The fourth-order valence-corrected chi connectivity index (χ4v) is 5.61. The third-order valence-corrected chi connectivity index (χ3v) is 8.07. The molecule has 0 unspecified atom stereocenters. The smallest absolute Gasteiger partial charge is 0.362 e. The van der Waals surface area contributed by atoms with Gasteiger partial charge in [-0.25, -0.2) is 29.3 Å². The largest absolute Gasteiger partial charge is 0.477 e. The third kappa shape index (κ3) is 7.79. The van der Waals surface area contributed by atoms with Gasteiger partial charge in [-0.2, -0.15) is 0 Å². The molecule has 6 aromatic rings. The van der Waals surface area contributed by atoms with Crippen molar-refractivity contribution in [1.82, 2.24) is 15.0 Å². The Balaban J connectivity index is 1.43. The molecule has 3 aromatic carbocycles. The van der Waals surface area contributed by atoms with Gasteiger partial charge in [0.05, 0.1) is 0 Å². The minimum absolute atomic E-state index is 0.113. The zero-order chi connectivity index (χ0) is 35.2. The monoisotopic (exact) mass is 663 g/mol. The molecule has 0 aliphatic heterocycles. The van der Waals surface area contributed by atoms with E-state index in [2.05, 4.69) is 15.0 Å². The molecule has 0 aliphatic rings. The number of carboxylic acids is 1. The Labute approximate surface area is 289 Å². The molecule has 0 bridgehead atoms. The van der Waals surface area contributed by atoms with Crippen LogP contribution in [0.15, 0.2) is 116 Å². The zero-order valence-corrected chi connectivity index (χ0v) is 27.7. The quantitative estimate of drug-likeness (QED) is 0.115. The number of aryl methyl sites for hydroxylation is 3. The number of pyridine rings is 3. The van der Waals surface area contributed by atoms with E-state index in [9.17, 15) is 19.5 Å². The first-order valence-corrected chi connectivity index (χ1v) is 15.9. The summed E-state index contributed by atoms with van der Waals surface area (Å²) in [5.41, 5.74) is 6.71. The molecule has 0 aliphatic carbocycles. The third-order valence-electron chi connectivity index (χ3n) is 8.07. The lowest BCUT2D eigenvalue weighted by Crippen LogP contribution is -2.14. The SMILES string of the molecule is Cc1ccc(-c2cc(Cc3cc(C)ccc3OC(=O)c3ccccn3)nc(C(=O)O)c2Cc2cc(C)ccc2OC(=O)c2ccccn2)cc1. The first-order chi connectivity index (χ1) is 24.1. The molecule has 3 aromatic heterocycles. The minimum atomic E-state index is -1.21. The molecule has 0 saturated carbocycles. The molecule has 50 heavy (non-hydrogen) atoms. The van der Waals surface area contributed by atoms with E-state index in [1.54, 1.807) is 48.5 Å². The average Bonchev–Trinajstić information content (AvgIpc) is 3.12. The van der Waals surface area contributed by atoms with Gasteiger partial charge in [-0.1, -0.05) is 77.4 Å². The maximum Gasteiger partial charge on any atom is 0.362 e. The molecule has 0 amide bonds. The lowest BCUT2D eigenvalue weighted by molar-refractivity contribution is 0.0684. The summed E-state index contributed by atoms with van der Waals surface area (Å²) in [7, 11) is 0. The van der Waals surface area contributed by atoms with Crippen molar-refractivity contribution in [2.24, 2.45) is 0 Å². The van der Waals surface area contributed by atoms with Gasteiger partial charge >= 0.3 is 17.9 Å². The van der Waals surface area contributed by atoms with Crippen LogP contribution in [0.25, 0.3) is 11.1 Å². The van der Waals surface area contributed by atoms with Crippen molar-refractivity contribution < 1.29 is 29.0 Å². The highest BCUT2D eigenvalue weighted by Gasteiger charge is 2.23. The highest BCUT2D eigenvalue weighted by atomic mass is 16.5. The Kier molecular flexibility index (Phi) is 9.85. The Morgan fingerprint density at radius 2 is 1.14 bits per heavy atom. The van der Waals surface area contributed by atoms with Crippen molar-refractivity contribution in [3.8, 4) is 22.6 Å². The number of aromatic nitrogens is 3. The van der Waals surface area contributed by atoms with Crippen LogP contribution in [0.1, 0.15) is 70.5 Å². The van der Waals surface area contributed by atoms with Crippen LogP contribution in [-0.4, -0.2) is 38.0 Å². The van der Waals surface area contributed by atoms with Crippen molar-refractivity contribution in [2.45, 2.75) is 33.6 Å². The van der Waals surface area contributed by atoms with Crippen molar-refractivity contribution in [1.29, 1.82) is 0 Å². The number of carbonyl (C=O) groups excluding carboxylic acids is 2. The second-order valence-corrected chi connectivity index (χ2v) is 11.9. The summed E-state index contributed by atoms with van der Waals surface area (Å²) in [5, 5.41) is 10.6. The van der Waals surface area contributed by atoms with Gasteiger partial charge in [-0.15, -0.1) is 0 Å². The van der Waals surface area contributed by atoms with Crippen molar-refractivity contribution in [3.63, 3.8) is 0 Å². The Bertz CT molecular complexity index is 2200. The summed E-state index contributed by atoms with van der Waals surface area (Å²) >= 11 is 0. The molecule has 0 radical (unpaired) electrons. The lowest BCUT2D eigenvalue weighted by Gasteiger charge is -2.18. The molecule has 1 N–H and O–H groups in total. The molecule has 3 heterocycles.